The van der Waals surface area contributed by atoms with Crippen molar-refractivity contribution in [3.8, 4) is 11.5 Å². The van der Waals surface area contributed by atoms with Crippen LogP contribution in [0.15, 0.2) is 77.7 Å². The van der Waals surface area contributed by atoms with Crippen molar-refractivity contribution in [2.24, 2.45) is 0 Å². The minimum Gasteiger partial charge on any atom is -0.497 e. The molecule has 0 fully saturated rings. The molecule has 0 aromatic heterocycles. The van der Waals surface area contributed by atoms with Crippen molar-refractivity contribution in [3.63, 3.8) is 0 Å². The molecular formula is C23H25NO4S. The molecule has 1 atom stereocenters. The molecule has 5 nitrogen and oxygen atoms in total. The number of benzene rings is 3. The van der Waals surface area contributed by atoms with Gasteiger partial charge in [0.2, 0.25) is 10.0 Å². The van der Waals surface area contributed by atoms with Crippen LogP contribution in [0.5, 0.6) is 11.5 Å². The fraction of sp³-hybridized carbons (Fsp3) is 0.217. The van der Waals surface area contributed by atoms with Crippen LogP contribution in [0.3, 0.4) is 0 Å². The van der Waals surface area contributed by atoms with E-state index in [2.05, 4.69) is 4.72 Å². The molecule has 0 heterocycles. The summed E-state index contributed by atoms with van der Waals surface area (Å²) in [6.07, 6.45) is 0. The Labute approximate surface area is 172 Å². The van der Waals surface area contributed by atoms with Crippen molar-refractivity contribution in [3.05, 3.63) is 89.5 Å². The zero-order valence-electron chi connectivity index (χ0n) is 16.8. The van der Waals surface area contributed by atoms with E-state index in [-0.39, 0.29) is 17.4 Å². The van der Waals surface area contributed by atoms with E-state index in [0.717, 1.165) is 16.7 Å². The summed E-state index contributed by atoms with van der Waals surface area (Å²) in [4.78, 5) is 0.243. The molecule has 0 saturated heterocycles. The van der Waals surface area contributed by atoms with Crippen LogP contribution in [0, 0.1) is 6.92 Å². The second-order valence-corrected chi connectivity index (χ2v) is 8.50. The molecule has 3 rings (SSSR count). The van der Waals surface area contributed by atoms with Crippen LogP contribution in [0.25, 0.3) is 0 Å². The summed E-state index contributed by atoms with van der Waals surface area (Å²) < 4.78 is 39.3. The lowest BCUT2D eigenvalue weighted by molar-refractivity contribution is 0.396. The van der Waals surface area contributed by atoms with Gasteiger partial charge in [-0.2, -0.15) is 0 Å². The molecule has 0 aliphatic rings. The van der Waals surface area contributed by atoms with Gasteiger partial charge in [-0.3, -0.25) is 0 Å². The Kier molecular flexibility index (Phi) is 6.56. The molecule has 0 bridgehead atoms. The predicted molar refractivity (Wildman–Crippen MR) is 114 cm³/mol. The average molecular weight is 412 g/mol. The molecule has 6 heteroatoms. The van der Waals surface area contributed by atoms with Gasteiger partial charge in [-0.25, -0.2) is 13.1 Å². The molecule has 0 spiro atoms. The Balaban J connectivity index is 1.97. The van der Waals surface area contributed by atoms with Crippen LogP contribution >= 0.6 is 0 Å². The summed E-state index contributed by atoms with van der Waals surface area (Å²) in [7, 11) is -0.444. The summed E-state index contributed by atoms with van der Waals surface area (Å²) in [5.41, 5.74) is 2.84. The third kappa shape index (κ3) is 4.96. The maximum absolute atomic E-state index is 12.8. The van der Waals surface area contributed by atoms with Gasteiger partial charge in [0, 0.05) is 18.0 Å². The fourth-order valence-electron chi connectivity index (χ4n) is 3.20. The quantitative estimate of drug-likeness (QED) is 0.606. The first-order valence-electron chi connectivity index (χ1n) is 9.28. The van der Waals surface area contributed by atoms with Crippen molar-refractivity contribution < 1.29 is 17.9 Å². The van der Waals surface area contributed by atoms with Crippen molar-refractivity contribution in [2.75, 3.05) is 20.8 Å². The van der Waals surface area contributed by atoms with Crippen molar-refractivity contribution >= 4 is 10.0 Å². The minimum absolute atomic E-state index is 0.184. The van der Waals surface area contributed by atoms with Crippen LogP contribution in [0.2, 0.25) is 0 Å². The normalized spacial score (nSPS) is 12.4. The van der Waals surface area contributed by atoms with Gasteiger partial charge in [-0.15, -0.1) is 0 Å². The largest absolute Gasteiger partial charge is 0.497 e. The Morgan fingerprint density at radius 3 is 2.21 bits per heavy atom. The molecule has 0 saturated carbocycles. The first-order chi connectivity index (χ1) is 13.9. The minimum atomic E-state index is -3.65. The Morgan fingerprint density at radius 1 is 0.897 bits per heavy atom. The number of ether oxygens (including phenoxy) is 2. The number of hydrogen-bond donors (Lipinski definition) is 1. The molecule has 0 aliphatic carbocycles. The van der Waals surface area contributed by atoms with Gasteiger partial charge in [0.1, 0.15) is 11.5 Å². The highest BCUT2D eigenvalue weighted by Crippen LogP contribution is 2.34. The number of hydrogen-bond acceptors (Lipinski definition) is 4. The number of aryl methyl sites for hydroxylation is 1. The maximum Gasteiger partial charge on any atom is 0.240 e. The number of nitrogens with one attached hydrogen (secondary N) is 1. The number of rotatable bonds is 8. The molecule has 0 amide bonds. The van der Waals surface area contributed by atoms with Gasteiger partial charge in [0.05, 0.1) is 19.1 Å². The highest BCUT2D eigenvalue weighted by atomic mass is 32.2. The lowest BCUT2D eigenvalue weighted by Crippen LogP contribution is -2.29. The molecule has 3 aromatic carbocycles. The summed E-state index contributed by atoms with van der Waals surface area (Å²) >= 11 is 0. The zero-order valence-corrected chi connectivity index (χ0v) is 17.6. The van der Waals surface area contributed by atoms with Gasteiger partial charge < -0.3 is 9.47 Å². The molecule has 29 heavy (non-hydrogen) atoms. The monoisotopic (exact) mass is 411 g/mol. The second kappa shape index (κ2) is 9.11. The first kappa shape index (κ1) is 20.9. The molecular weight excluding hydrogens is 386 g/mol. The lowest BCUT2D eigenvalue weighted by Gasteiger charge is -2.22. The van der Waals surface area contributed by atoms with Gasteiger partial charge in [0.15, 0.2) is 0 Å². The molecule has 0 radical (unpaired) electrons. The summed E-state index contributed by atoms with van der Waals surface area (Å²) in [5.74, 6) is 1.11. The van der Waals surface area contributed by atoms with E-state index in [1.54, 1.807) is 38.5 Å². The third-order valence-electron chi connectivity index (χ3n) is 4.82. The van der Waals surface area contributed by atoms with Crippen LogP contribution in [-0.2, 0) is 10.0 Å². The topological polar surface area (TPSA) is 64.6 Å². The standard InChI is InChI=1S/C23H25NO4S/c1-17-9-12-20(13-10-17)29(25,26)24-16-22(18-7-5-4-6-8-18)21-15-19(27-2)11-14-23(21)28-3/h4-15,22,24H,16H2,1-3H3. The first-order valence-corrected chi connectivity index (χ1v) is 10.8. The van der Waals surface area contributed by atoms with E-state index in [0.29, 0.717) is 11.5 Å². The van der Waals surface area contributed by atoms with Crippen LogP contribution in [-0.4, -0.2) is 29.2 Å². The SMILES string of the molecule is COc1ccc(OC)c(C(CNS(=O)(=O)c2ccc(C)cc2)c2ccccc2)c1. The molecule has 1 unspecified atom stereocenters. The van der Waals surface area contributed by atoms with Crippen molar-refractivity contribution in [1.82, 2.24) is 4.72 Å². The van der Waals surface area contributed by atoms with E-state index in [4.69, 9.17) is 9.47 Å². The van der Waals surface area contributed by atoms with E-state index in [9.17, 15) is 8.42 Å². The van der Waals surface area contributed by atoms with Crippen molar-refractivity contribution in [2.45, 2.75) is 17.7 Å². The van der Waals surface area contributed by atoms with E-state index in [1.165, 1.54) is 0 Å². The molecule has 0 aliphatic heterocycles. The summed E-state index contributed by atoms with van der Waals surface area (Å²) in [6, 6.07) is 22.1. The van der Waals surface area contributed by atoms with Crippen LogP contribution < -0.4 is 14.2 Å². The fourth-order valence-corrected chi connectivity index (χ4v) is 4.25. The van der Waals surface area contributed by atoms with Crippen molar-refractivity contribution in [1.29, 1.82) is 0 Å². The average Bonchev–Trinajstić information content (AvgIpc) is 2.74. The summed E-state index contributed by atoms with van der Waals surface area (Å²) in [6.45, 7) is 2.11. The van der Waals surface area contributed by atoms with E-state index in [1.807, 2.05) is 55.5 Å². The van der Waals surface area contributed by atoms with Crippen LogP contribution in [0.4, 0.5) is 0 Å². The predicted octanol–water partition coefficient (Wildman–Crippen LogP) is 4.12. The van der Waals surface area contributed by atoms with Gasteiger partial charge in [-0.1, -0.05) is 48.0 Å². The Bertz CT molecular complexity index is 1050. The maximum atomic E-state index is 12.8. The number of methoxy groups -OCH3 is 2. The Morgan fingerprint density at radius 2 is 1.59 bits per heavy atom. The zero-order chi connectivity index (χ0) is 20.9. The second-order valence-electron chi connectivity index (χ2n) is 6.74. The highest BCUT2D eigenvalue weighted by molar-refractivity contribution is 7.89. The smallest absolute Gasteiger partial charge is 0.240 e. The molecule has 152 valence electrons. The van der Waals surface area contributed by atoms with E-state index >= 15 is 0 Å². The van der Waals surface area contributed by atoms with Gasteiger partial charge in [-0.05, 0) is 42.8 Å². The van der Waals surface area contributed by atoms with Crippen LogP contribution in [0.1, 0.15) is 22.6 Å². The number of sulfonamides is 1. The lowest BCUT2D eigenvalue weighted by atomic mass is 9.90. The van der Waals surface area contributed by atoms with Gasteiger partial charge in [0.25, 0.3) is 0 Å². The third-order valence-corrected chi connectivity index (χ3v) is 6.26. The molecule has 1 N–H and O–H groups in total. The van der Waals surface area contributed by atoms with E-state index < -0.39 is 10.0 Å². The Hall–Kier alpha value is -2.83. The summed E-state index contributed by atoms with van der Waals surface area (Å²) in [5, 5.41) is 0. The molecule has 3 aromatic rings. The van der Waals surface area contributed by atoms with Gasteiger partial charge >= 0.3 is 0 Å². The highest BCUT2D eigenvalue weighted by Gasteiger charge is 2.23.